The molecule has 118 valence electrons. The van der Waals surface area contributed by atoms with Gasteiger partial charge in [-0.3, -0.25) is 0 Å². The highest BCUT2D eigenvalue weighted by Gasteiger charge is 2.42. The molecule has 1 saturated carbocycles. The Kier molecular flexibility index (Phi) is 4.28. The number of aliphatic hydroxyl groups excluding tert-OH is 1. The van der Waals surface area contributed by atoms with Crippen LogP contribution in [0.4, 0.5) is 0 Å². The van der Waals surface area contributed by atoms with E-state index in [1.54, 1.807) is 0 Å². The van der Waals surface area contributed by atoms with Crippen molar-refractivity contribution in [1.82, 2.24) is 15.5 Å². The number of β-amino-alcohol motifs (C(OH)–C–C–N with tert-alkyl or cyclic N) is 1. The lowest BCUT2D eigenvalue weighted by Gasteiger charge is -2.37. The maximum atomic E-state index is 9.61. The third-order valence-corrected chi connectivity index (χ3v) is 4.63. The summed E-state index contributed by atoms with van der Waals surface area (Å²) >= 11 is 0. The quantitative estimate of drug-likeness (QED) is 0.883. The van der Waals surface area contributed by atoms with Crippen molar-refractivity contribution in [2.75, 3.05) is 13.2 Å². The number of hydrogen-bond acceptors (Lipinski definition) is 6. The van der Waals surface area contributed by atoms with Crippen LogP contribution in [0.1, 0.15) is 63.7 Å². The summed E-state index contributed by atoms with van der Waals surface area (Å²) in [4.78, 5) is 4.60. The minimum atomic E-state index is -0.397. The lowest BCUT2D eigenvalue weighted by Crippen LogP contribution is -2.36. The van der Waals surface area contributed by atoms with Gasteiger partial charge in [0.15, 0.2) is 0 Å². The summed E-state index contributed by atoms with van der Waals surface area (Å²) in [6, 6.07) is -0.0408. The Morgan fingerprint density at radius 1 is 1.52 bits per heavy atom. The Morgan fingerprint density at radius 2 is 2.38 bits per heavy atom. The molecule has 1 aromatic heterocycles. The molecule has 2 heterocycles. The summed E-state index contributed by atoms with van der Waals surface area (Å²) in [5.74, 6) is 1.85. The highest BCUT2D eigenvalue weighted by molar-refractivity contribution is 5.07. The number of aliphatic hydroxyl groups is 1. The van der Waals surface area contributed by atoms with E-state index in [0.29, 0.717) is 37.2 Å². The predicted molar refractivity (Wildman–Crippen MR) is 76.6 cm³/mol. The van der Waals surface area contributed by atoms with E-state index in [1.165, 1.54) is 6.42 Å². The molecule has 1 aliphatic carbocycles. The van der Waals surface area contributed by atoms with E-state index in [0.717, 1.165) is 19.3 Å². The number of ether oxygens (including phenoxy) is 1. The molecular weight excluding hydrogens is 270 g/mol. The number of nitrogens with one attached hydrogen (secondary N) is 1. The van der Waals surface area contributed by atoms with Gasteiger partial charge in [-0.05, 0) is 38.5 Å². The normalized spacial score (nSPS) is 37.0. The van der Waals surface area contributed by atoms with Gasteiger partial charge >= 0.3 is 0 Å². The first-order valence-corrected chi connectivity index (χ1v) is 8.02. The van der Waals surface area contributed by atoms with Crippen LogP contribution in [-0.4, -0.2) is 34.5 Å². The maximum absolute atomic E-state index is 9.61. The number of aromatic nitrogens is 2. The smallest absolute Gasteiger partial charge is 0.243 e. The van der Waals surface area contributed by atoms with Crippen LogP contribution in [-0.2, 0) is 10.3 Å². The number of nitrogens with zero attached hydrogens (tertiary/aromatic N) is 2. The second-order valence-corrected chi connectivity index (χ2v) is 6.44. The monoisotopic (exact) mass is 295 g/mol. The van der Waals surface area contributed by atoms with Gasteiger partial charge in [0.2, 0.25) is 11.7 Å². The van der Waals surface area contributed by atoms with Crippen LogP contribution in [0, 0.1) is 5.92 Å². The average Bonchev–Trinajstić information content (AvgIpc) is 3.07. The van der Waals surface area contributed by atoms with Crippen LogP contribution in [0.25, 0.3) is 0 Å². The van der Waals surface area contributed by atoms with E-state index < -0.39 is 5.60 Å². The fourth-order valence-electron chi connectivity index (χ4n) is 3.65. The Bertz CT molecular complexity index is 474. The molecule has 1 aliphatic heterocycles. The van der Waals surface area contributed by atoms with Crippen LogP contribution in [0.15, 0.2) is 4.52 Å². The summed E-state index contributed by atoms with van der Waals surface area (Å²) in [7, 11) is 0. The molecule has 21 heavy (non-hydrogen) atoms. The molecule has 1 saturated heterocycles. The van der Waals surface area contributed by atoms with E-state index in [-0.39, 0.29) is 12.1 Å². The zero-order chi connectivity index (χ0) is 14.9. The van der Waals surface area contributed by atoms with Gasteiger partial charge in [0, 0.05) is 13.2 Å². The van der Waals surface area contributed by atoms with E-state index >= 15 is 0 Å². The molecular formula is C15H25N3O3. The number of hydrogen-bond donors (Lipinski definition) is 2. The topological polar surface area (TPSA) is 80.4 Å². The first-order chi connectivity index (χ1) is 10.1. The van der Waals surface area contributed by atoms with Crippen molar-refractivity contribution in [2.24, 2.45) is 5.92 Å². The number of rotatable bonds is 4. The molecule has 2 aliphatic rings. The SMILES string of the molecule is CCOC1(c2noc([C@@H]3C[C@@H](O)CN3)n2)CCCC(C)C1. The molecule has 0 amide bonds. The molecule has 3 rings (SSSR count). The molecule has 0 aromatic carbocycles. The van der Waals surface area contributed by atoms with Crippen molar-refractivity contribution in [1.29, 1.82) is 0 Å². The van der Waals surface area contributed by atoms with Gasteiger partial charge in [0.05, 0.1) is 12.1 Å². The third-order valence-electron chi connectivity index (χ3n) is 4.63. The van der Waals surface area contributed by atoms with E-state index in [1.807, 2.05) is 6.92 Å². The van der Waals surface area contributed by atoms with Crippen molar-refractivity contribution in [3.63, 3.8) is 0 Å². The van der Waals surface area contributed by atoms with Crippen LogP contribution in [0.3, 0.4) is 0 Å². The minimum absolute atomic E-state index is 0.0408. The molecule has 2 fully saturated rings. The van der Waals surface area contributed by atoms with E-state index in [4.69, 9.17) is 9.26 Å². The largest absolute Gasteiger partial charge is 0.392 e. The van der Waals surface area contributed by atoms with Crippen molar-refractivity contribution in [2.45, 2.75) is 63.7 Å². The minimum Gasteiger partial charge on any atom is -0.392 e. The molecule has 6 heteroatoms. The first kappa shape index (κ1) is 14.9. The standard InChI is InChI=1S/C15H25N3O3/c1-3-20-15(6-4-5-10(2)8-15)14-17-13(21-18-14)12-7-11(19)9-16-12/h10-12,16,19H,3-9H2,1-2H3/t10?,11-,12+,15?/m1/s1. The van der Waals surface area contributed by atoms with Crippen LogP contribution >= 0.6 is 0 Å². The highest BCUT2D eigenvalue weighted by atomic mass is 16.5. The lowest BCUT2D eigenvalue weighted by molar-refractivity contribution is -0.0891. The van der Waals surface area contributed by atoms with Crippen molar-refractivity contribution in [3.05, 3.63) is 11.7 Å². The summed E-state index contributed by atoms with van der Waals surface area (Å²) in [6.45, 7) is 5.49. The first-order valence-electron chi connectivity index (χ1n) is 8.02. The summed E-state index contributed by atoms with van der Waals surface area (Å²) < 4.78 is 11.5. The Hall–Kier alpha value is -0.980. The predicted octanol–water partition coefficient (Wildman–Crippen LogP) is 1.91. The van der Waals surface area contributed by atoms with Crippen LogP contribution in [0.2, 0.25) is 0 Å². The summed E-state index contributed by atoms with van der Waals surface area (Å²) in [6.07, 6.45) is 4.55. The van der Waals surface area contributed by atoms with E-state index in [9.17, 15) is 5.11 Å². The van der Waals surface area contributed by atoms with Gasteiger partial charge in [-0.25, -0.2) is 0 Å². The summed E-state index contributed by atoms with van der Waals surface area (Å²) in [5.41, 5.74) is -0.397. The molecule has 2 N–H and O–H groups in total. The van der Waals surface area contributed by atoms with Gasteiger partial charge in [0.1, 0.15) is 5.60 Å². The molecule has 6 nitrogen and oxygen atoms in total. The van der Waals surface area contributed by atoms with Gasteiger partial charge in [-0.2, -0.15) is 4.98 Å². The molecule has 0 spiro atoms. The Balaban J connectivity index is 1.81. The molecule has 2 unspecified atom stereocenters. The third kappa shape index (κ3) is 2.98. The van der Waals surface area contributed by atoms with Crippen molar-refractivity contribution < 1.29 is 14.4 Å². The van der Waals surface area contributed by atoms with Crippen molar-refractivity contribution in [3.8, 4) is 0 Å². The molecule has 4 atom stereocenters. The highest BCUT2D eigenvalue weighted by Crippen LogP contribution is 2.42. The summed E-state index contributed by atoms with van der Waals surface area (Å²) in [5, 5.41) is 17.0. The maximum Gasteiger partial charge on any atom is 0.243 e. The fraction of sp³-hybridized carbons (Fsp3) is 0.867. The molecule has 0 radical (unpaired) electrons. The lowest BCUT2D eigenvalue weighted by atomic mass is 9.78. The van der Waals surface area contributed by atoms with Gasteiger partial charge in [-0.1, -0.05) is 18.5 Å². The molecule has 1 aromatic rings. The fourth-order valence-corrected chi connectivity index (χ4v) is 3.65. The second kappa shape index (κ2) is 6.02. The average molecular weight is 295 g/mol. The van der Waals surface area contributed by atoms with Gasteiger partial charge in [-0.15, -0.1) is 0 Å². The van der Waals surface area contributed by atoms with Crippen LogP contribution < -0.4 is 5.32 Å². The zero-order valence-electron chi connectivity index (χ0n) is 12.8. The zero-order valence-corrected chi connectivity index (χ0v) is 12.8. The van der Waals surface area contributed by atoms with Crippen molar-refractivity contribution >= 4 is 0 Å². The van der Waals surface area contributed by atoms with Gasteiger partial charge in [0.25, 0.3) is 0 Å². The van der Waals surface area contributed by atoms with E-state index in [2.05, 4.69) is 22.4 Å². The van der Waals surface area contributed by atoms with Crippen LogP contribution in [0.5, 0.6) is 0 Å². The molecule has 0 bridgehead atoms. The Labute approximate surface area is 125 Å². The second-order valence-electron chi connectivity index (χ2n) is 6.44. The Morgan fingerprint density at radius 3 is 3.05 bits per heavy atom. The van der Waals surface area contributed by atoms with Gasteiger partial charge < -0.3 is 19.7 Å².